The van der Waals surface area contributed by atoms with E-state index in [-0.39, 0.29) is 12.5 Å². The van der Waals surface area contributed by atoms with E-state index in [2.05, 4.69) is 0 Å². The molecule has 0 aliphatic rings. The third kappa shape index (κ3) is 1.77. The van der Waals surface area contributed by atoms with E-state index in [1.165, 1.54) is 0 Å². The zero-order valence-corrected chi connectivity index (χ0v) is 5.76. The van der Waals surface area contributed by atoms with E-state index in [0.29, 0.717) is 0 Å². The summed E-state index contributed by atoms with van der Waals surface area (Å²) in [6.45, 7) is 3.12. The van der Waals surface area contributed by atoms with Gasteiger partial charge in [-0.25, -0.2) is 0 Å². The summed E-state index contributed by atoms with van der Waals surface area (Å²) in [6.07, 6.45) is 0.873. The average molecular weight is 131 g/mol. The molecule has 0 spiro atoms. The Morgan fingerprint density at radius 3 is 2.11 bits per heavy atom. The quantitative estimate of drug-likeness (QED) is 0.472. The van der Waals surface area contributed by atoms with Crippen LogP contribution >= 0.6 is 0 Å². The Morgan fingerprint density at radius 2 is 2.11 bits per heavy atom. The van der Waals surface area contributed by atoms with Crippen molar-refractivity contribution in [3.8, 4) is 0 Å². The number of hydrogen-bond donors (Lipinski definition) is 3. The highest BCUT2D eigenvalue weighted by Crippen LogP contribution is 2.12. The van der Waals surface area contributed by atoms with Gasteiger partial charge in [0.05, 0.1) is 6.61 Å². The van der Waals surface area contributed by atoms with Crippen LogP contribution in [-0.4, -0.2) is 28.6 Å². The van der Waals surface area contributed by atoms with Crippen LogP contribution in [0.1, 0.15) is 13.8 Å². The summed E-state index contributed by atoms with van der Waals surface area (Å²) in [5.41, 5.74) is -1.32. The van der Waals surface area contributed by atoms with Gasteiger partial charge in [-0.15, -0.1) is 0 Å². The minimum atomic E-state index is -1.32. The lowest BCUT2D eigenvalue weighted by Gasteiger charge is -2.24. The molecule has 54 valence electrons. The van der Waals surface area contributed by atoms with Crippen molar-refractivity contribution in [2.75, 3.05) is 6.61 Å². The third-order valence-electron chi connectivity index (χ3n) is 1.50. The van der Waals surface area contributed by atoms with E-state index >= 15 is 0 Å². The summed E-state index contributed by atoms with van der Waals surface area (Å²) in [4.78, 5) is 0. The summed E-state index contributed by atoms with van der Waals surface area (Å²) in [5, 5.41) is 24.5. The molecule has 0 aromatic rings. The molecule has 3 N–H and O–H groups in total. The van der Waals surface area contributed by atoms with Gasteiger partial charge in [0.25, 0.3) is 0 Å². The molecule has 0 aliphatic carbocycles. The van der Waals surface area contributed by atoms with E-state index in [4.69, 9.17) is 10.5 Å². The Bertz CT molecular complexity index is 103. The Balaban J connectivity index is 4.08. The monoisotopic (exact) mass is 131 g/mol. The number of aliphatic hydroxyl groups excluding tert-OH is 1. The Morgan fingerprint density at radius 1 is 1.67 bits per heavy atom. The molecule has 0 fully saturated rings. The lowest BCUT2D eigenvalue weighted by atomic mass is 9.93. The number of nitrogens with one attached hydrogen (secondary N) is 1. The molecule has 0 saturated carbocycles. The van der Waals surface area contributed by atoms with Crippen LogP contribution in [-0.2, 0) is 0 Å². The van der Waals surface area contributed by atoms with Gasteiger partial charge in [0.1, 0.15) is 5.60 Å². The third-order valence-corrected chi connectivity index (χ3v) is 1.50. The zero-order chi connectivity index (χ0) is 7.49. The van der Waals surface area contributed by atoms with Gasteiger partial charge in [0.2, 0.25) is 0 Å². The van der Waals surface area contributed by atoms with Crippen molar-refractivity contribution in [3.05, 3.63) is 0 Å². The molecule has 0 bridgehead atoms. The first-order valence-electron chi connectivity index (χ1n) is 2.91. The van der Waals surface area contributed by atoms with Crippen LogP contribution in [0.2, 0.25) is 0 Å². The van der Waals surface area contributed by atoms with Gasteiger partial charge < -0.3 is 15.6 Å². The van der Waals surface area contributed by atoms with Crippen molar-refractivity contribution in [2.24, 2.45) is 5.92 Å². The van der Waals surface area contributed by atoms with Crippen molar-refractivity contribution >= 4 is 6.21 Å². The first-order chi connectivity index (χ1) is 4.06. The highest BCUT2D eigenvalue weighted by atomic mass is 16.3. The van der Waals surface area contributed by atoms with Crippen LogP contribution in [0.4, 0.5) is 0 Å². The molecule has 0 heterocycles. The lowest BCUT2D eigenvalue weighted by molar-refractivity contribution is 0.0113. The van der Waals surface area contributed by atoms with Crippen molar-refractivity contribution in [2.45, 2.75) is 19.4 Å². The van der Waals surface area contributed by atoms with Gasteiger partial charge in [0.15, 0.2) is 0 Å². The molecule has 0 aromatic heterocycles. The highest BCUT2D eigenvalue weighted by molar-refractivity contribution is 5.65. The molecule has 1 atom stereocenters. The minimum Gasteiger partial charge on any atom is -0.393 e. The molecule has 0 aromatic carbocycles. The molecule has 0 radical (unpaired) electrons. The van der Waals surface area contributed by atoms with Crippen LogP contribution in [0, 0.1) is 11.3 Å². The Hall–Kier alpha value is -0.410. The first kappa shape index (κ1) is 8.59. The normalized spacial score (nSPS) is 17.4. The molecule has 0 saturated heterocycles. The van der Waals surface area contributed by atoms with Crippen LogP contribution in [0.15, 0.2) is 0 Å². The van der Waals surface area contributed by atoms with Gasteiger partial charge >= 0.3 is 0 Å². The van der Waals surface area contributed by atoms with Crippen molar-refractivity contribution in [1.29, 1.82) is 5.41 Å². The van der Waals surface area contributed by atoms with E-state index in [1.807, 2.05) is 0 Å². The van der Waals surface area contributed by atoms with Crippen molar-refractivity contribution in [3.63, 3.8) is 0 Å². The predicted octanol–water partition coefficient (Wildman–Crippen LogP) is 0.0154. The highest BCUT2D eigenvalue weighted by Gasteiger charge is 2.26. The van der Waals surface area contributed by atoms with Crippen LogP contribution < -0.4 is 0 Å². The molecule has 0 rings (SSSR count). The van der Waals surface area contributed by atoms with E-state index in [1.54, 1.807) is 13.8 Å². The van der Waals surface area contributed by atoms with Crippen LogP contribution in [0.5, 0.6) is 0 Å². The fraction of sp³-hybridized carbons (Fsp3) is 0.833. The molecule has 0 amide bonds. The first-order valence-corrected chi connectivity index (χ1v) is 2.91. The van der Waals surface area contributed by atoms with E-state index in [9.17, 15) is 5.11 Å². The fourth-order valence-corrected chi connectivity index (χ4v) is 0.395. The fourth-order valence-electron chi connectivity index (χ4n) is 0.395. The summed E-state index contributed by atoms with van der Waals surface area (Å²) >= 11 is 0. The number of rotatable bonds is 3. The van der Waals surface area contributed by atoms with E-state index < -0.39 is 5.60 Å². The Labute approximate surface area is 54.8 Å². The number of aliphatic hydroxyl groups is 2. The SMILES string of the molecule is CC(C)[C@@](O)(C=N)CO. The maximum Gasteiger partial charge on any atom is 0.124 e. The maximum absolute atomic E-state index is 9.21. The van der Waals surface area contributed by atoms with Gasteiger partial charge in [-0.05, 0) is 5.92 Å². The van der Waals surface area contributed by atoms with Crippen molar-refractivity contribution in [1.82, 2.24) is 0 Å². The molecule has 9 heavy (non-hydrogen) atoms. The second kappa shape index (κ2) is 2.94. The zero-order valence-electron chi connectivity index (χ0n) is 5.76. The summed E-state index contributed by atoms with van der Waals surface area (Å²) in [5.74, 6) is -0.111. The van der Waals surface area contributed by atoms with Gasteiger partial charge in [-0.3, -0.25) is 0 Å². The second-order valence-electron chi connectivity index (χ2n) is 2.45. The molecular formula is C6H13NO2. The van der Waals surface area contributed by atoms with Gasteiger partial charge in [-0.1, -0.05) is 13.8 Å². The van der Waals surface area contributed by atoms with Crippen molar-refractivity contribution < 1.29 is 10.2 Å². The average Bonchev–Trinajstić information content (AvgIpc) is 1.86. The summed E-state index contributed by atoms with van der Waals surface area (Å²) < 4.78 is 0. The standard InChI is InChI=1S/C6H13NO2/c1-5(2)6(9,3-7)4-8/h3,5,7-9H,4H2,1-2H3/t6-/m1/s1. The molecule has 3 nitrogen and oxygen atoms in total. The predicted molar refractivity (Wildman–Crippen MR) is 35.7 cm³/mol. The molecule has 3 heteroatoms. The van der Waals surface area contributed by atoms with Crippen LogP contribution in [0.25, 0.3) is 0 Å². The summed E-state index contributed by atoms with van der Waals surface area (Å²) in [6, 6.07) is 0. The van der Waals surface area contributed by atoms with E-state index in [0.717, 1.165) is 6.21 Å². The molecule has 0 unspecified atom stereocenters. The van der Waals surface area contributed by atoms with Crippen LogP contribution in [0.3, 0.4) is 0 Å². The topological polar surface area (TPSA) is 64.3 Å². The number of hydrogen-bond acceptors (Lipinski definition) is 3. The molecule has 0 aliphatic heterocycles. The summed E-state index contributed by atoms with van der Waals surface area (Å²) in [7, 11) is 0. The minimum absolute atomic E-state index is 0.111. The smallest absolute Gasteiger partial charge is 0.124 e. The maximum atomic E-state index is 9.21. The molecular weight excluding hydrogens is 118 g/mol. The second-order valence-corrected chi connectivity index (χ2v) is 2.45. The Kier molecular flexibility index (Phi) is 2.81. The largest absolute Gasteiger partial charge is 0.393 e. The lowest BCUT2D eigenvalue weighted by Crippen LogP contribution is -2.40. The van der Waals surface area contributed by atoms with Gasteiger partial charge in [0, 0.05) is 6.21 Å². The van der Waals surface area contributed by atoms with Gasteiger partial charge in [-0.2, -0.15) is 0 Å².